The van der Waals surface area contributed by atoms with Gasteiger partial charge >= 0.3 is 5.97 Å². The molecule has 0 saturated heterocycles. The number of aryl methyl sites for hydroxylation is 1. The maximum atomic E-state index is 11.6. The molecule has 122 valence electrons. The van der Waals surface area contributed by atoms with E-state index in [1.165, 1.54) is 0 Å². The van der Waals surface area contributed by atoms with E-state index in [4.69, 9.17) is 0 Å². The Hall–Kier alpha value is -2.99. The van der Waals surface area contributed by atoms with Crippen LogP contribution in [-0.4, -0.2) is 30.7 Å². The highest BCUT2D eigenvalue weighted by Gasteiger charge is 2.23. The molecular weight excluding hydrogens is 306 g/mol. The van der Waals surface area contributed by atoms with E-state index in [-0.39, 0.29) is 12.2 Å². The van der Waals surface area contributed by atoms with Crippen molar-refractivity contribution in [1.82, 2.24) is 14.5 Å². The summed E-state index contributed by atoms with van der Waals surface area (Å²) in [6.45, 7) is 1.90. The van der Waals surface area contributed by atoms with Gasteiger partial charge in [0, 0.05) is 11.8 Å². The molecule has 1 unspecified atom stereocenters. The van der Waals surface area contributed by atoms with Gasteiger partial charge in [-0.1, -0.05) is 36.4 Å². The molecular formula is C18H17N3O3. The number of carboxylic acids is 1. The van der Waals surface area contributed by atoms with Gasteiger partial charge in [0.05, 0.1) is 17.9 Å². The molecule has 1 aromatic carbocycles. The fourth-order valence-corrected chi connectivity index (χ4v) is 2.67. The number of aliphatic hydroxyl groups excluding tert-OH is 1. The minimum absolute atomic E-state index is 0.0214. The van der Waals surface area contributed by atoms with Crippen molar-refractivity contribution < 1.29 is 15.0 Å². The predicted molar refractivity (Wildman–Crippen MR) is 88.6 cm³/mol. The number of hydrogen-bond acceptors (Lipinski definition) is 4. The summed E-state index contributed by atoms with van der Waals surface area (Å²) in [6.07, 6.45) is 0.753. The van der Waals surface area contributed by atoms with Crippen LogP contribution in [0.3, 0.4) is 0 Å². The van der Waals surface area contributed by atoms with Crippen LogP contribution in [0.2, 0.25) is 0 Å². The molecule has 0 radical (unpaired) electrons. The summed E-state index contributed by atoms with van der Waals surface area (Å²) in [7, 11) is 0. The molecule has 2 aromatic heterocycles. The highest BCUT2D eigenvalue weighted by atomic mass is 16.4. The van der Waals surface area contributed by atoms with Crippen LogP contribution in [0.4, 0.5) is 0 Å². The van der Waals surface area contributed by atoms with E-state index in [9.17, 15) is 15.0 Å². The van der Waals surface area contributed by atoms with Crippen molar-refractivity contribution in [2.75, 3.05) is 0 Å². The zero-order valence-corrected chi connectivity index (χ0v) is 13.1. The second-order valence-corrected chi connectivity index (χ2v) is 5.41. The fraction of sp³-hybridized carbons (Fsp3) is 0.167. The number of aromatic nitrogens is 3. The molecule has 0 saturated carbocycles. The summed E-state index contributed by atoms with van der Waals surface area (Å²) in [5, 5.41) is 19.9. The Morgan fingerprint density at radius 2 is 1.88 bits per heavy atom. The Kier molecular flexibility index (Phi) is 4.39. The van der Waals surface area contributed by atoms with E-state index in [0.717, 1.165) is 5.56 Å². The van der Waals surface area contributed by atoms with Gasteiger partial charge in [-0.15, -0.1) is 0 Å². The maximum Gasteiger partial charge on any atom is 0.356 e. The topological polar surface area (TPSA) is 88.2 Å². The van der Waals surface area contributed by atoms with Gasteiger partial charge in [-0.25, -0.2) is 9.78 Å². The van der Waals surface area contributed by atoms with Crippen LogP contribution in [-0.2, 0) is 6.54 Å². The fourth-order valence-electron chi connectivity index (χ4n) is 2.67. The molecule has 0 aliphatic heterocycles. The van der Waals surface area contributed by atoms with Crippen LogP contribution in [0.25, 0.3) is 11.3 Å². The van der Waals surface area contributed by atoms with Crippen molar-refractivity contribution in [2.24, 2.45) is 0 Å². The third kappa shape index (κ3) is 3.04. The number of nitrogens with zero attached hydrogens (tertiary/aromatic N) is 3. The van der Waals surface area contributed by atoms with Gasteiger partial charge in [0.15, 0.2) is 5.69 Å². The zero-order chi connectivity index (χ0) is 17.1. The molecule has 0 aliphatic rings. The van der Waals surface area contributed by atoms with Gasteiger partial charge in [-0.3, -0.25) is 4.98 Å². The number of aromatic carboxylic acids is 1. The zero-order valence-electron chi connectivity index (χ0n) is 13.1. The highest BCUT2D eigenvalue weighted by molar-refractivity contribution is 5.93. The van der Waals surface area contributed by atoms with Crippen molar-refractivity contribution in [3.63, 3.8) is 0 Å². The molecule has 0 spiro atoms. The SMILES string of the molecule is Cc1nc(C(=O)O)c(-c2ccccc2)n1CC(O)c1ccccn1. The van der Waals surface area contributed by atoms with Crippen LogP contribution < -0.4 is 0 Å². The summed E-state index contributed by atoms with van der Waals surface area (Å²) in [5.41, 5.74) is 1.73. The van der Waals surface area contributed by atoms with Crippen LogP contribution in [0.1, 0.15) is 28.1 Å². The van der Waals surface area contributed by atoms with Crippen molar-refractivity contribution in [1.29, 1.82) is 0 Å². The lowest BCUT2D eigenvalue weighted by Gasteiger charge is -2.15. The third-order valence-corrected chi connectivity index (χ3v) is 3.79. The van der Waals surface area contributed by atoms with Crippen molar-refractivity contribution >= 4 is 5.97 Å². The van der Waals surface area contributed by atoms with E-state index in [1.807, 2.05) is 30.3 Å². The van der Waals surface area contributed by atoms with Gasteiger partial charge in [0.25, 0.3) is 0 Å². The first-order valence-electron chi connectivity index (χ1n) is 7.52. The Balaban J connectivity index is 2.06. The number of benzene rings is 1. The maximum absolute atomic E-state index is 11.6. The third-order valence-electron chi connectivity index (χ3n) is 3.79. The average Bonchev–Trinajstić information content (AvgIpc) is 2.93. The van der Waals surface area contributed by atoms with E-state index in [1.54, 1.807) is 35.9 Å². The van der Waals surface area contributed by atoms with Crippen molar-refractivity contribution in [3.8, 4) is 11.3 Å². The molecule has 1 atom stereocenters. The molecule has 6 nitrogen and oxygen atoms in total. The number of aliphatic hydroxyl groups is 1. The van der Waals surface area contributed by atoms with Gasteiger partial charge in [0.1, 0.15) is 11.9 Å². The number of rotatable bonds is 5. The summed E-state index contributed by atoms with van der Waals surface area (Å²) < 4.78 is 1.72. The standard InChI is InChI=1S/C18H17N3O3/c1-12-20-16(18(23)24)17(13-7-3-2-4-8-13)21(12)11-15(22)14-9-5-6-10-19-14/h2-10,15,22H,11H2,1H3,(H,23,24). The summed E-state index contributed by atoms with van der Waals surface area (Å²) in [5.74, 6) is -0.565. The number of imidazole rings is 1. The molecule has 0 aliphatic carbocycles. The molecule has 3 rings (SSSR count). The van der Waals surface area contributed by atoms with Gasteiger partial charge < -0.3 is 14.8 Å². The first-order valence-corrected chi connectivity index (χ1v) is 7.52. The summed E-state index contributed by atoms with van der Waals surface area (Å²) in [4.78, 5) is 19.9. The molecule has 24 heavy (non-hydrogen) atoms. The van der Waals surface area contributed by atoms with Gasteiger partial charge in [-0.2, -0.15) is 0 Å². The van der Waals surface area contributed by atoms with Crippen LogP contribution in [0, 0.1) is 6.92 Å². The molecule has 3 aromatic rings. The van der Waals surface area contributed by atoms with Crippen LogP contribution >= 0.6 is 0 Å². The van der Waals surface area contributed by atoms with Crippen molar-refractivity contribution in [2.45, 2.75) is 19.6 Å². The Labute approximate surface area is 139 Å². The first kappa shape index (κ1) is 15.9. The number of pyridine rings is 1. The molecule has 2 N–H and O–H groups in total. The molecule has 0 bridgehead atoms. The normalized spacial score (nSPS) is 12.1. The van der Waals surface area contributed by atoms with Gasteiger partial charge in [0.2, 0.25) is 0 Å². The van der Waals surface area contributed by atoms with Crippen molar-refractivity contribution in [3.05, 3.63) is 71.9 Å². The predicted octanol–water partition coefficient (Wildman–Crippen LogP) is 2.69. The van der Waals surface area contributed by atoms with E-state index in [2.05, 4.69) is 9.97 Å². The Morgan fingerprint density at radius 3 is 2.50 bits per heavy atom. The lowest BCUT2D eigenvalue weighted by molar-refractivity contribution is 0.0691. The van der Waals surface area contributed by atoms with Crippen LogP contribution in [0.15, 0.2) is 54.7 Å². The highest BCUT2D eigenvalue weighted by Crippen LogP contribution is 2.27. The largest absolute Gasteiger partial charge is 0.476 e. The number of hydrogen-bond donors (Lipinski definition) is 2. The summed E-state index contributed by atoms with van der Waals surface area (Å²) >= 11 is 0. The van der Waals surface area contributed by atoms with Crippen LogP contribution in [0.5, 0.6) is 0 Å². The lowest BCUT2D eigenvalue weighted by atomic mass is 10.1. The smallest absolute Gasteiger partial charge is 0.356 e. The molecule has 6 heteroatoms. The number of carbonyl (C=O) groups is 1. The summed E-state index contributed by atoms with van der Waals surface area (Å²) in [6, 6.07) is 14.5. The average molecular weight is 323 g/mol. The molecule has 0 amide bonds. The molecule has 0 fully saturated rings. The quantitative estimate of drug-likeness (QED) is 0.753. The number of carboxylic acid groups (broad SMARTS) is 1. The minimum Gasteiger partial charge on any atom is -0.476 e. The second-order valence-electron chi connectivity index (χ2n) is 5.41. The Morgan fingerprint density at radius 1 is 1.17 bits per heavy atom. The second kappa shape index (κ2) is 6.64. The minimum atomic E-state index is -1.09. The van der Waals surface area contributed by atoms with E-state index in [0.29, 0.717) is 17.2 Å². The molecule has 2 heterocycles. The lowest BCUT2D eigenvalue weighted by Crippen LogP contribution is -2.13. The Bertz CT molecular complexity index is 845. The van der Waals surface area contributed by atoms with E-state index >= 15 is 0 Å². The first-order chi connectivity index (χ1) is 11.6. The van der Waals surface area contributed by atoms with Gasteiger partial charge in [-0.05, 0) is 19.1 Å². The van der Waals surface area contributed by atoms with E-state index < -0.39 is 12.1 Å². The monoisotopic (exact) mass is 323 g/mol.